The van der Waals surface area contributed by atoms with Crippen molar-refractivity contribution in [3.63, 3.8) is 0 Å². The van der Waals surface area contributed by atoms with E-state index in [0.29, 0.717) is 25.5 Å². The van der Waals surface area contributed by atoms with Crippen LogP contribution in [0.15, 0.2) is 18.2 Å². The number of amides is 1. The highest BCUT2D eigenvalue weighted by Crippen LogP contribution is 2.31. The molecule has 1 heterocycles. The van der Waals surface area contributed by atoms with E-state index in [-0.39, 0.29) is 24.1 Å². The number of aryl methyl sites for hydroxylation is 2. The second-order valence-electron chi connectivity index (χ2n) is 7.64. The largest absolute Gasteiger partial charge is 0.370 e. The number of rotatable bonds is 3. The summed E-state index contributed by atoms with van der Waals surface area (Å²) in [6.45, 7) is 7.53. The molecule has 4 heteroatoms. The van der Waals surface area contributed by atoms with Gasteiger partial charge in [0.2, 0.25) is 5.91 Å². The zero-order valence-electron chi connectivity index (χ0n) is 15.1. The lowest BCUT2D eigenvalue weighted by Gasteiger charge is -2.39. The number of nitrogens with two attached hydrogens (primary N) is 1. The first-order valence-corrected chi connectivity index (χ1v) is 9.19. The lowest BCUT2D eigenvalue weighted by Crippen LogP contribution is -2.49. The van der Waals surface area contributed by atoms with E-state index in [0.717, 1.165) is 19.3 Å². The number of benzene rings is 1. The zero-order valence-corrected chi connectivity index (χ0v) is 15.1. The van der Waals surface area contributed by atoms with E-state index in [4.69, 9.17) is 10.5 Å². The average Bonchev–Trinajstić information content (AvgIpc) is 2.95. The van der Waals surface area contributed by atoms with E-state index < -0.39 is 0 Å². The SMILES string of the molecule is Cc1ccc(C)c(C2CN(C(=O)C[C@@H]3CCC[C@H]3N)C(C)CO2)c1. The number of nitrogens with zero attached hydrogens (tertiary/aromatic N) is 1. The maximum atomic E-state index is 12.9. The van der Waals surface area contributed by atoms with Crippen molar-refractivity contribution < 1.29 is 9.53 Å². The molecule has 0 spiro atoms. The predicted octanol–water partition coefficient (Wildman–Crippen LogP) is 3.11. The van der Waals surface area contributed by atoms with Crippen molar-refractivity contribution in [1.29, 1.82) is 0 Å². The molecule has 1 aromatic rings. The number of carbonyl (C=O) groups is 1. The molecule has 24 heavy (non-hydrogen) atoms. The third kappa shape index (κ3) is 3.65. The maximum absolute atomic E-state index is 12.9. The van der Waals surface area contributed by atoms with Gasteiger partial charge in [-0.1, -0.05) is 30.2 Å². The molecule has 1 aromatic carbocycles. The number of hydrogen-bond donors (Lipinski definition) is 1. The Balaban J connectivity index is 1.71. The first-order valence-electron chi connectivity index (χ1n) is 9.19. The Kier molecular flexibility index (Phi) is 5.26. The van der Waals surface area contributed by atoms with Gasteiger partial charge in [0, 0.05) is 12.5 Å². The summed E-state index contributed by atoms with van der Waals surface area (Å²) in [4.78, 5) is 14.9. The highest BCUT2D eigenvalue weighted by molar-refractivity contribution is 5.77. The highest BCUT2D eigenvalue weighted by atomic mass is 16.5. The van der Waals surface area contributed by atoms with Crippen LogP contribution < -0.4 is 5.73 Å². The van der Waals surface area contributed by atoms with E-state index in [1.165, 1.54) is 16.7 Å². The Morgan fingerprint density at radius 2 is 2.12 bits per heavy atom. The highest BCUT2D eigenvalue weighted by Gasteiger charge is 2.34. The first kappa shape index (κ1) is 17.4. The van der Waals surface area contributed by atoms with Crippen LogP contribution in [0.1, 0.15) is 55.4 Å². The molecule has 1 saturated carbocycles. The zero-order chi connectivity index (χ0) is 17.3. The van der Waals surface area contributed by atoms with Crippen molar-refractivity contribution in [1.82, 2.24) is 4.90 Å². The molecule has 1 aliphatic carbocycles. The summed E-state index contributed by atoms with van der Waals surface area (Å²) in [6.07, 6.45) is 3.86. The summed E-state index contributed by atoms with van der Waals surface area (Å²) in [6, 6.07) is 6.77. The number of carbonyl (C=O) groups excluding carboxylic acids is 1. The fraction of sp³-hybridized carbons (Fsp3) is 0.650. The van der Waals surface area contributed by atoms with E-state index in [1.807, 2.05) is 4.90 Å². The molecule has 132 valence electrons. The second-order valence-corrected chi connectivity index (χ2v) is 7.64. The molecule has 0 aromatic heterocycles. The summed E-state index contributed by atoms with van der Waals surface area (Å²) in [5.74, 6) is 0.593. The Hall–Kier alpha value is -1.39. The van der Waals surface area contributed by atoms with Crippen molar-refractivity contribution in [2.75, 3.05) is 13.2 Å². The van der Waals surface area contributed by atoms with Gasteiger partial charge in [0.15, 0.2) is 0 Å². The predicted molar refractivity (Wildman–Crippen MR) is 95.7 cm³/mol. The summed E-state index contributed by atoms with van der Waals surface area (Å²) >= 11 is 0. The van der Waals surface area contributed by atoms with Crippen molar-refractivity contribution in [2.24, 2.45) is 11.7 Å². The van der Waals surface area contributed by atoms with E-state index >= 15 is 0 Å². The summed E-state index contributed by atoms with van der Waals surface area (Å²) in [5, 5.41) is 0. The van der Waals surface area contributed by atoms with Crippen LogP contribution in [0, 0.1) is 19.8 Å². The molecule has 4 atom stereocenters. The van der Waals surface area contributed by atoms with Crippen LogP contribution in [0.2, 0.25) is 0 Å². The molecule has 2 aliphatic rings. The van der Waals surface area contributed by atoms with Crippen molar-refractivity contribution >= 4 is 5.91 Å². The van der Waals surface area contributed by atoms with Crippen LogP contribution in [0.3, 0.4) is 0 Å². The van der Waals surface area contributed by atoms with E-state index in [9.17, 15) is 4.79 Å². The number of ether oxygens (including phenoxy) is 1. The molecule has 3 rings (SSSR count). The van der Waals surface area contributed by atoms with Gasteiger partial charge in [-0.05, 0) is 50.7 Å². The van der Waals surface area contributed by atoms with Crippen molar-refractivity contribution in [3.05, 3.63) is 34.9 Å². The van der Waals surface area contributed by atoms with Gasteiger partial charge in [0.25, 0.3) is 0 Å². The average molecular weight is 330 g/mol. The summed E-state index contributed by atoms with van der Waals surface area (Å²) in [5.41, 5.74) is 9.81. The first-order chi connectivity index (χ1) is 11.5. The third-order valence-corrected chi connectivity index (χ3v) is 5.69. The molecule has 2 N–H and O–H groups in total. The van der Waals surface area contributed by atoms with Crippen molar-refractivity contribution in [2.45, 2.75) is 64.6 Å². The second kappa shape index (κ2) is 7.24. The quantitative estimate of drug-likeness (QED) is 0.926. The Morgan fingerprint density at radius 3 is 2.83 bits per heavy atom. The normalized spacial score (nSPS) is 30.6. The molecular formula is C20H30N2O2. The van der Waals surface area contributed by atoms with Crippen LogP contribution >= 0.6 is 0 Å². The van der Waals surface area contributed by atoms with Gasteiger partial charge in [-0.15, -0.1) is 0 Å². The van der Waals surface area contributed by atoms with Crippen LogP contribution in [-0.2, 0) is 9.53 Å². The van der Waals surface area contributed by atoms with Crippen LogP contribution in [0.25, 0.3) is 0 Å². The number of morpholine rings is 1. The maximum Gasteiger partial charge on any atom is 0.223 e. The molecule has 0 radical (unpaired) electrons. The Labute approximate surface area is 145 Å². The molecule has 1 amide bonds. The molecule has 1 saturated heterocycles. The van der Waals surface area contributed by atoms with Gasteiger partial charge in [0.05, 0.1) is 19.2 Å². The molecule has 2 unspecified atom stereocenters. The molecular weight excluding hydrogens is 300 g/mol. The minimum Gasteiger partial charge on any atom is -0.370 e. The Bertz CT molecular complexity index is 601. The monoisotopic (exact) mass is 330 g/mol. The van der Waals surface area contributed by atoms with Crippen LogP contribution in [0.5, 0.6) is 0 Å². The molecule has 4 nitrogen and oxygen atoms in total. The summed E-state index contributed by atoms with van der Waals surface area (Å²) < 4.78 is 6.07. The lowest BCUT2D eigenvalue weighted by molar-refractivity contribution is -0.145. The van der Waals surface area contributed by atoms with E-state index in [1.54, 1.807) is 0 Å². The fourth-order valence-electron chi connectivity index (χ4n) is 4.06. The smallest absolute Gasteiger partial charge is 0.223 e. The van der Waals surface area contributed by atoms with Crippen LogP contribution in [0.4, 0.5) is 0 Å². The minimum atomic E-state index is -0.0256. The van der Waals surface area contributed by atoms with Gasteiger partial charge in [-0.3, -0.25) is 4.79 Å². The lowest BCUT2D eigenvalue weighted by atomic mass is 9.96. The standard InChI is InChI=1S/C20H30N2O2/c1-13-7-8-14(2)17(9-13)19-11-22(15(3)12-24-19)20(23)10-16-5-4-6-18(16)21/h7-9,15-16,18-19H,4-6,10-12,21H2,1-3H3/t15?,16-,18+,19?/m0/s1. The molecule has 2 fully saturated rings. The third-order valence-electron chi connectivity index (χ3n) is 5.69. The number of hydrogen-bond acceptors (Lipinski definition) is 3. The van der Waals surface area contributed by atoms with Gasteiger partial charge in [0.1, 0.15) is 6.10 Å². The van der Waals surface area contributed by atoms with Gasteiger partial charge >= 0.3 is 0 Å². The molecule has 0 bridgehead atoms. The van der Waals surface area contributed by atoms with Gasteiger partial charge in [-0.2, -0.15) is 0 Å². The van der Waals surface area contributed by atoms with Gasteiger partial charge in [-0.25, -0.2) is 0 Å². The van der Waals surface area contributed by atoms with Gasteiger partial charge < -0.3 is 15.4 Å². The van der Waals surface area contributed by atoms with E-state index in [2.05, 4.69) is 39.0 Å². The Morgan fingerprint density at radius 1 is 1.33 bits per heavy atom. The van der Waals surface area contributed by atoms with Crippen molar-refractivity contribution in [3.8, 4) is 0 Å². The topological polar surface area (TPSA) is 55.6 Å². The fourth-order valence-corrected chi connectivity index (χ4v) is 4.06. The van der Waals surface area contributed by atoms with Crippen LogP contribution in [-0.4, -0.2) is 36.0 Å². The summed E-state index contributed by atoms with van der Waals surface area (Å²) in [7, 11) is 0. The minimum absolute atomic E-state index is 0.0256. The molecule has 1 aliphatic heterocycles.